The third kappa shape index (κ3) is 3.27. The number of hydrogen-bond acceptors (Lipinski definition) is 5. The van der Waals surface area contributed by atoms with Gasteiger partial charge in [-0.05, 0) is 38.9 Å². The minimum Gasteiger partial charge on any atom is -0.368 e. The Labute approximate surface area is 131 Å². The van der Waals surface area contributed by atoms with Crippen molar-refractivity contribution in [3.8, 4) is 0 Å². The van der Waals surface area contributed by atoms with Crippen LogP contribution in [0.5, 0.6) is 0 Å². The number of carbonyl (C=O) groups excluding carboxylic acids is 1. The first-order valence-corrected chi connectivity index (χ1v) is 7.79. The van der Waals surface area contributed by atoms with Crippen LogP contribution >= 0.6 is 0 Å². The number of hydrogen-bond donors (Lipinski definition) is 1. The fourth-order valence-corrected chi connectivity index (χ4v) is 3.59. The van der Waals surface area contributed by atoms with Crippen molar-refractivity contribution in [1.82, 2.24) is 19.8 Å². The van der Waals surface area contributed by atoms with Crippen molar-refractivity contribution in [2.45, 2.75) is 19.3 Å². The second-order valence-corrected chi connectivity index (χ2v) is 6.56. The lowest BCUT2D eigenvalue weighted by atomic mass is 9.79. The van der Waals surface area contributed by atoms with Crippen LogP contribution in [0.1, 0.15) is 24.8 Å². The molecule has 1 aromatic rings. The van der Waals surface area contributed by atoms with Gasteiger partial charge in [-0.2, -0.15) is 0 Å². The zero-order valence-electron chi connectivity index (χ0n) is 13.0. The highest BCUT2D eigenvalue weighted by molar-refractivity contribution is 5.91. The van der Waals surface area contributed by atoms with Gasteiger partial charge in [-0.15, -0.1) is 0 Å². The molecule has 1 unspecified atom stereocenters. The summed E-state index contributed by atoms with van der Waals surface area (Å²) in [6, 6.07) is 0. The molecule has 1 spiro atoms. The lowest BCUT2D eigenvalue weighted by Gasteiger charge is -2.40. The smallest absolute Gasteiger partial charge is 0.246 e. The number of piperidine rings is 1. The van der Waals surface area contributed by atoms with Crippen LogP contribution in [-0.4, -0.2) is 58.9 Å². The quantitative estimate of drug-likeness (QED) is 0.825. The maximum atomic E-state index is 12.4. The second kappa shape index (κ2) is 6.04. The molecule has 0 bridgehead atoms. The van der Waals surface area contributed by atoms with Gasteiger partial charge < -0.3 is 15.5 Å². The van der Waals surface area contributed by atoms with E-state index in [0.29, 0.717) is 5.41 Å². The van der Waals surface area contributed by atoms with E-state index in [2.05, 4.69) is 21.9 Å². The van der Waals surface area contributed by atoms with Crippen LogP contribution in [0, 0.1) is 5.41 Å². The predicted octanol–water partition coefficient (Wildman–Crippen LogP) is 1.02. The summed E-state index contributed by atoms with van der Waals surface area (Å²) in [4.78, 5) is 24.6. The largest absolute Gasteiger partial charge is 0.368 e. The maximum Gasteiger partial charge on any atom is 0.246 e. The van der Waals surface area contributed by atoms with E-state index < -0.39 is 0 Å². The van der Waals surface area contributed by atoms with Gasteiger partial charge in [-0.25, -0.2) is 9.97 Å². The van der Waals surface area contributed by atoms with E-state index in [1.807, 2.05) is 4.90 Å². The molecule has 2 saturated heterocycles. The number of nitrogens with zero attached hydrogens (tertiary/aromatic N) is 4. The van der Waals surface area contributed by atoms with Gasteiger partial charge in [0.05, 0.1) is 0 Å². The first-order chi connectivity index (χ1) is 10.6. The Hall–Kier alpha value is -1.95. The van der Waals surface area contributed by atoms with Gasteiger partial charge in [-0.1, -0.05) is 0 Å². The van der Waals surface area contributed by atoms with E-state index in [-0.39, 0.29) is 11.9 Å². The highest BCUT2D eigenvalue weighted by Crippen LogP contribution is 2.38. The van der Waals surface area contributed by atoms with Gasteiger partial charge in [0.15, 0.2) is 0 Å². The van der Waals surface area contributed by atoms with Crippen molar-refractivity contribution in [1.29, 1.82) is 0 Å². The third-order valence-electron chi connectivity index (χ3n) is 4.71. The number of amides is 1. The molecule has 0 aromatic carbocycles. The summed E-state index contributed by atoms with van der Waals surface area (Å²) in [5.74, 6) is 0.317. The van der Waals surface area contributed by atoms with Crippen molar-refractivity contribution >= 4 is 17.9 Å². The summed E-state index contributed by atoms with van der Waals surface area (Å²) < 4.78 is 0. The number of nitrogens with two attached hydrogens (primary N) is 1. The molecule has 2 aliphatic heterocycles. The van der Waals surface area contributed by atoms with Gasteiger partial charge in [0.25, 0.3) is 0 Å². The van der Waals surface area contributed by atoms with Crippen LogP contribution in [0.2, 0.25) is 0 Å². The van der Waals surface area contributed by atoms with Crippen molar-refractivity contribution in [2.75, 3.05) is 39.0 Å². The number of carbonyl (C=O) groups is 1. The molecule has 1 atom stereocenters. The summed E-state index contributed by atoms with van der Waals surface area (Å²) in [7, 11) is 2.16. The number of aromatic nitrogens is 2. The van der Waals surface area contributed by atoms with Crippen molar-refractivity contribution in [2.24, 2.45) is 5.41 Å². The van der Waals surface area contributed by atoms with E-state index >= 15 is 0 Å². The molecule has 0 saturated carbocycles. The number of nitrogen functional groups attached to an aromatic ring is 1. The van der Waals surface area contributed by atoms with E-state index in [4.69, 9.17) is 5.73 Å². The first-order valence-electron chi connectivity index (χ1n) is 7.79. The zero-order valence-corrected chi connectivity index (χ0v) is 13.0. The minimum absolute atomic E-state index is 0.0745. The van der Waals surface area contributed by atoms with E-state index in [1.165, 1.54) is 12.8 Å². The normalized spacial score (nSPS) is 26.1. The van der Waals surface area contributed by atoms with Crippen molar-refractivity contribution in [3.63, 3.8) is 0 Å². The summed E-state index contributed by atoms with van der Waals surface area (Å²) in [6.07, 6.45) is 10.1. The molecule has 118 valence electrons. The molecular weight excluding hydrogens is 278 g/mol. The number of anilines is 1. The molecule has 0 radical (unpaired) electrons. The van der Waals surface area contributed by atoms with Crippen molar-refractivity contribution < 1.29 is 4.79 Å². The van der Waals surface area contributed by atoms with Gasteiger partial charge >= 0.3 is 0 Å². The second-order valence-electron chi connectivity index (χ2n) is 6.56. The maximum absolute atomic E-state index is 12.4. The zero-order chi connectivity index (χ0) is 15.6. The standard InChI is InChI=1S/C16H23N5O/c1-20-8-6-16(11-20)5-2-7-21(12-16)14(22)4-3-13-9-18-15(17)19-10-13/h3-4,9-10H,2,5-8,11-12H2,1H3,(H2,17,18,19)/b4-3+. The molecule has 6 heteroatoms. The average Bonchev–Trinajstić information content (AvgIpc) is 2.86. The van der Waals surface area contributed by atoms with Crippen LogP contribution in [0.3, 0.4) is 0 Å². The fourth-order valence-electron chi connectivity index (χ4n) is 3.59. The first kappa shape index (κ1) is 15.0. The molecular formula is C16H23N5O. The molecule has 1 aromatic heterocycles. The molecule has 3 heterocycles. The van der Waals surface area contributed by atoms with Gasteiger partial charge in [0.2, 0.25) is 11.9 Å². The van der Waals surface area contributed by atoms with Crippen LogP contribution in [-0.2, 0) is 4.79 Å². The lowest BCUT2D eigenvalue weighted by molar-refractivity contribution is -0.129. The Balaban J connectivity index is 1.63. The molecule has 2 aliphatic rings. The van der Waals surface area contributed by atoms with Crippen LogP contribution in [0.25, 0.3) is 6.08 Å². The monoisotopic (exact) mass is 301 g/mol. The average molecular weight is 301 g/mol. The molecule has 0 aliphatic carbocycles. The summed E-state index contributed by atoms with van der Waals surface area (Å²) in [5, 5.41) is 0. The molecule has 6 nitrogen and oxygen atoms in total. The van der Waals surface area contributed by atoms with Gasteiger partial charge in [-0.3, -0.25) is 4.79 Å². The van der Waals surface area contributed by atoms with Crippen LogP contribution in [0.4, 0.5) is 5.95 Å². The Kier molecular flexibility index (Phi) is 4.11. The summed E-state index contributed by atoms with van der Waals surface area (Å²) in [5.41, 5.74) is 6.54. The lowest BCUT2D eigenvalue weighted by Crippen LogP contribution is -2.46. The van der Waals surface area contributed by atoms with Crippen molar-refractivity contribution in [3.05, 3.63) is 24.0 Å². The molecule has 2 fully saturated rings. The Bertz CT molecular complexity index is 566. The molecule has 22 heavy (non-hydrogen) atoms. The molecule has 3 rings (SSSR count). The summed E-state index contributed by atoms with van der Waals surface area (Å²) >= 11 is 0. The Morgan fingerprint density at radius 2 is 2.05 bits per heavy atom. The molecule has 2 N–H and O–H groups in total. The Morgan fingerprint density at radius 3 is 2.73 bits per heavy atom. The highest BCUT2D eigenvalue weighted by atomic mass is 16.2. The van der Waals surface area contributed by atoms with E-state index in [0.717, 1.165) is 38.2 Å². The van der Waals surface area contributed by atoms with Crippen LogP contribution < -0.4 is 5.73 Å². The highest BCUT2D eigenvalue weighted by Gasteiger charge is 2.40. The number of rotatable bonds is 2. The van der Waals surface area contributed by atoms with Crippen LogP contribution in [0.15, 0.2) is 18.5 Å². The summed E-state index contributed by atoms with van der Waals surface area (Å²) in [6.45, 7) is 3.97. The van der Waals surface area contributed by atoms with Gasteiger partial charge in [0, 0.05) is 49.1 Å². The van der Waals surface area contributed by atoms with Gasteiger partial charge in [0.1, 0.15) is 0 Å². The van der Waals surface area contributed by atoms with E-state index in [1.54, 1.807) is 24.5 Å². The predicted molar refractivity (Wildman–Crippen MR) is 85.8 cm³/mol. The minimum atomic E-state index is 0.0745. The van der Waals surface area contributed by atoms with E-state index in [9.17, 15) is 4.79 Å². The fraction of sp³-hybridized carbons (Fsp3) is 0.562. The molecule has 1 amide bonds. The number of likely N-dealkylation sites (tertiary alicyclic amines) is 2. The Morgan fingerprint density at radius 1 is 1.27 bits per heavy atom. The SMILES string of the molecule is CN1CCC2(CCCN(C(=O)/C=C/c3cnc(N)nc3)C2)C1. The topological polar surface area (TPSA) is 75.3 Å². The third-order valence-corrected chi connectivity index (χ3v) is 4.71.